The highest BCUT2D eigenvalue weighted by Gasteiger charge is 2.14. The van der Waals surface area contributed by atoms with Gasteiger partial charge < -0.3 is 15.0 Å². The molecule has 1 N–H and O–H groups in total. The third-order valence-electron chi connectivity index (χ3n) is 3.48. The molecule has 0 atom stereocenters. The number of carbonyl (C=O) groups excluding carboxylic acids is 2. The van der Waals surface area contributed by atoms with Crippen LogP contribution in [0.1, 0.15) is 34.7 Å². The Bertz CT molecular complexity index is 712. The number of nitrogens with zero attached hydrogens (tertiary/aromatic N) is 3. The summed E-state index contributed by atoms with van der Waals surface area (Å²) in [5, 5.41) is 3.04. The molecule has 0 fully saturated rings. The van der Waals surface area contributed by atoms with E-state index in [9.17, 15) is 9.59 Å². The molecule has 0 aliphatic carbocycles. The number of amides is 1. The van der Waals surface area contributed by atoms with E-state index in [0.29, 0.717) is 35.9 Å². The number of rotatable bonds is 6. The van der Waals surface area contributed by atoms with Gasteiger partial charge >= 0.3 is 5.97 Å². The number of aromatic nitrogens is 2. The summed E-state index contributed by atoms with van der Waals surface area (Å²) in [4.78, 5) is 33.8. The highest BCUT2D eigenvalue weighted by molar-refractivity contribution is 5.92. The second-order valence-corrected chi connectivity index (χ2v) is 4.96. The van der Waals surface area contributed by atoms with Crippen LogP contribution in [0.5, 0.6) is 0 Å². The normalized spacial score (nSPS) is 10.1. The lowest BCUT2D eigenvalue weighted by Gasteiger charge is -2.17. The van der Waals surface area contributed by atoms with Crippen LogP contribution in [0, 0.1) is 0 Å². The summed E-state index contributed by atoms with van der Waals surface area (Å²) in [5.41, 5.74) is 1.41. The molecule has 126 valence electrons. The van der Waals surface area contributed by atoms with Gasteiger partial charge in [-0.25, -0.2) is 14.8 Å². The molecule has 0 unspecified atom stereocenters. The molecule has 0 aliphatic heterocycles. The quantitative estimate of drug-likeness (QED) is 0.820. The van der Waals surface area contributed by atoms with Crippen molar-refractivity contribution < 1.29 is 14.3 Å². The van der Waals surface area contributed by atoms with E-state index in [0.717, 1.165) is 0 Å². The summed E-state index contributed by atoms with van der Waals surface area (Å²) in [6.07, 6.45) is 2.93. The number of esters is 1. The molecule has 7 heteroatoms. The monoisotopic (exact) mass is 328 g/mol. The van der Waals surface area contributed by atoms with E-state index in [-0.39, 0.29) is 5.91 Å². The lowest BCUT2D eigenvalue weighted by Crippen LogP contribution is -2.31. The van der Waals surface area contributed by atoms with Gasteiger partial charge in [-0.3, -0.25) is 4.79 Å². The Morgan fingerprint density at radius 1 is 1.17 bits per heavy atom. The number of ether oxygens (including phenoxy) is 1. The minimum absolute atomic E-state index is 0.147. The van der Waals surface area contributed by atoms with Crippen molar-refractivity contribution in [3.63, 3.8) is 0 Å². The molecule has 1 aromatic carbocycles. The van der Waals surface area contributed by atoms with Gasteiger partial charge in [-0.1, -0.05) is 6.07 Å². The fourth-order valence-corrected chi connectivity index (χ4v) is 2.17. The molecule has 1 amide bonds. The van der Waals surface area contributed by atoms with Crippen molar-refractivity contribution in [2.75, 3.05) is 25.5 Å². The van der Waals surface area contributed by atoms with Gasteiger partial charge in [0.2, 0.25) is 0 Å². The first-order valence-corrected chi connectivity index (χ1v) is 7.65. The molecule has 2 aromatic rings. The molecule has 0 saturated carbocycles. The van der Waals surface area contributed by atoms with Crippen LogP contribution >= 0.6 is 0 Å². The summed E-state index contributed by atoms with van der Waals surface area (Å²) in [5.74, 6) is -0.0789. The first-order chi connectivity index (χ1) is 11.6. The summed E-state index contributed by atoms with van der Waals surface area (Å²) in [6, 6.07) is 6.85. The molecule has 2 rings (SSSR count). The molecule has 0 radical (unpaired) electrons. The Balaban J connectivity index is 2.12. The smallest absolute Gasteiger partial charge is 0.337 e. The molecule has 1 heterocycles. The van der Waals surface area contributed by atoms with Crippen LogP contribution < -0.4 is 5.32 Å². The molecule has 0 saturated heterocycles. The summed E-state index contributed by atoms with van der Waals surface area (Å²) >= 11 is 0. The average Bonchev–Trinajstić information content (AvgIpc) is 2.62. The van der Waals surface area contributed by atoms with Crippen molar-refractivity contribution in [2.24, 2.45) is 0 Å². The maximum atomic E-state index is 12.2. The van der Waals surface area contributed by atoms with Gasteiger partial charge in [0.1, 0.15) is 11.5 Å². The SMILES string of the molecule is CCN(CC)C(=O)c1cnc(Nc2cccc(C(=O)OC)c2)cn1. The van der Waals surface area contributed by atoms with Crippen LogP contribution in [0.15, 0.2) is 36.7 Å². The molecule has 0 aliphatic rings. The van der Waals surface area contributed by atoms with Gasteiger partial charge in [0, 0.05) is 18.8 Å². The number of nitrogens with one attached hydrogen (secondary N) is 1. The van der Waals surface area contributed by atoms with Gasteiger partial charge in [-0.05, 0) is 32.0 Å². The Morgan fingerprint density at radius 2 is 1.92 bits per heavy atom. The molecule has 1 aromatic heterocycles. The maximum absolute atomic E-state index is 12.2. The largest absolute Gasteiger partial charge is 0.465 e. The minimum Gasteiger partial charge on any atom is -0.465 e. The summed E-state index contributed by atoms with van der Waals surface area (Å²) < 4.78 is 4.69. The van der Waals surface area contributed by atoms with E-state index >= 15 is 0 Å². The number of anilines is 2. The zero-order valence-electron chi connectivity index (χ0n) is 13.9. The van der Waals surface area contributed by atoms with Crippen LogP contribution in [0.25, 0.3) is 0 Å². The number of hydrogen-bond acceptors (Lipinski definition) is 6. The number of methoxy groups -OCH3 is 1. The molecular weight excluding hydrogens is 308 g/mol. The van der Waals surface area contributed by atoms with Crippen LogP contribution in [0.2, 0.25) is 0 Å². The highest BCUT2D eigenvalue weighted by atomic mass is 16.5. The van der Waals surface area contributed by atoms with E-state index < -0.39 is 5.97 Å². The van der Waals surface area contributed by atoms with Gasteiger partial charge in [0.25, 0.3) is 5.91 Å². The van der Waals surface area contributed by atoms with Crippen molar-refractivity contribution in [3.8, 4) is 0 Å². The minimum atomic E-state index is -0.412. The zero-order chi connectivity index (χ0) is 17.5. The fourth-order valence-electron chi connectivity index (χ4n) is 2.17. The lowest BCUT2D eigenvalue weighted by molar-refractivity contribution is 0.0600. The lowest BCUT2D eigenvalue weighted by atomic mass is 10.2. The standard InChI is InChI=1S/C17H20N4O3/c1-4-21(5-2)16(22)14-10-19-15(11-18-14)20-13-8-6-7-12(9-13)17(23)24-3/h6-11H,4-5H2,1-3H3,(H,19,20). The van der Waals surface area contributed by atoms with Crippen LogP contribution in [0.3, 0.4) is 0 Å². The summed E-state index contributed by atoms with van der Waals surface area (Å²) in [7, 11) is 1.33. The first kappa shape index (κ1) is 17.4. The van der Waals surface area contributed by atoms with E-state index in [1.54, 1.807) is 29.2 Å². The Kier molecular flexibility index (Phi) is 5.83. The van der Waals surface area contributed by atoms with Crippen molar-refractivity contribution in [2.45, 2.75) is 13.8 Å². The van der Waals surface area contributed by atoms with E-state index in [4.69, 9.17) is 4.74 Å². The van der Waals surface area contributed by atoms with Gasteiger partial charge in [-0.2, -0.15) is 0 Å². The fraction of sp³-hybridized carbons (Fsp3) is 0.294. The second-order valence-electron chi connectivity index (χ2n) is 4.96. The number of carbonyl (C=O) groups is 2. The van der Waals surface area contributed by atoms with Crippen molar-refractivity contribution >= 4 is 23.4 Å². The Morgan fingerprint density at radius 3 is 2.50 bits per heavy atom. The van der Waals surface area contributed by atoms with E-state index in [1.165, 1.54) is 19.5 Å². The topological polar surface area (TPSA) is 84.4 Å². The van der Waals surface area contributed by atoms with Crippen molar-refractivity contribution in [3.05, 3.63) is 47.9 Å². The molecule has 7 nitrogen and oxygen atoms in total. The van der Waals surface area contributed by atoms with Gasteiger partial charge in [0.05, 0.1) is 25.1 Å². The van der Waals surface area contributed by atoms with Crippen molar-refractivity contribution in [1.82, 2.24) is 14.9 Å². The Hall–Kier alpha value is -2.96. The number of hydrogen-bond donors (Lipinski definition) is 1. The van der Waals surface area contributed by atoms with E-state index in [2.05, 4.69) is 15.3 Å². The predicted octanol–water partition coefficient (Wildman–Crippen LogP) is 2.49. The van der Waals surface area contributed by atoms with Crippen LogP contribution in [0.4, 0.5) is 11.5 Å². The first-order valence-electron chi connectivity index (χ1n) is 7.65. The van der Waals surface area contributed by atoms with Gasteiger partial charge in [-0.15, -0.1) is 0 Å². The molecule has 24 heavy (non-hydrogen) atoms. The molecule has 0 bridgehead atoms. The molecular formula is C17H20N4O3. The van der Waals surface area contributed by atoms with Crippen molar-refractivity contribution in [1.29, 1.82) is 0 Å². The van der Waals surface area contributed by atoms with Crippen LogP contribution in [-0.4, -0.2) is 46.9 Å². The second kappa shape index (κ2) is 8.05. The van der Waals surface area contributed by atoms with E-state index in [1.807, 2.05) is 13.8 Å². The maximum Gasteiger partial charge on any atom is 0.337 e. The molecule has 0 spiro atoms. The zero-order valence-corrected chi connectivity index (χ0v) is 13.9. The summed E-state index contributed by atoms with van der Waals surface area (Å²) in [6.45, 7) is 5.08. The van der Waals surface area contributed by atoms with Crippen LogP contribution in [-0.2, 0) is 4.74 Å². The third kappa shape index (κ3) is 4.07. The third-order valence-corrected chi connectivity index (χ3v) is 3.48. The number of benzene rings is 1. The predicted molar refractivity (Wildman–Crippen MR) is 90.3 cm³/mol. The highest BCUT2D eigenvalue weighted by Crippen LogP contribution is 2.16. The van der Waals surface area contributed by atoms with Gasteiger partial charge in [0.15, 0.2) is 0 Å². The Labute approximate surface area is 140 Å². The average molecular weight is 328 g/mol.